The van der Waals surface area contributed by atoms with Crippen LogP contribution in [0.25, 0.3) is 0 Å². The minimum atomic E-state index is -0.159. The maximum Gasteiger partial charge on any atom is 0.317 e. The smallest absolute Gasteiger partial charge is 0.317 e. The summed E-state index contributed by atoms with van der Waals surface area (Å²) >= 11 is 0. The molecule has 1 saturated heterocycles. The molecule has 2 heterocycles. The first-order chi connectivity index (χ1) is 12.1. The van der Waals surface area contributed by atoms with E-state index in [9.17, 15) is 9.59 Å². The predicted molar refractivity (Wildman–Crippen MR) is 96.3 cm³/mol. The Morgan fingerprint density at radius 2 is 2.00 bits per heavy atom. The molecule has 1 aliphatic carbocycles. The Morgan fingerprint density at radius 3 is 2.72 bits per heavy atom. The first-order valence-corrected chi connectivity index (χ1v) is 9.45. The van der Waals surface area contributed by atoms with Crippen molar-refractivity contribution in [3.8, 4) is 0 Å². The molecular formula is C18H29N5O2. The van der Waals surface area contributed by atoms with Crippen LogP contribution in [0.4, 0.5) is 10.5 Å². The zero-order chi connectivity index (χ0) is 17.8. The number of nitrogens with zero attached hydrogens (tertiary/aromatic N) is 3. The van der Waals surface area contributed by atoms with Gasteiger partial charge < -0.3 is 15.5 Å². The second-order valence-electron chi connectivity index (χ2n) is 7.22. The number of aromatic nitrogens is 2. The average Bonchev–Trinajstić information content (AvgIpc) is 3.24. The van der Waals surface area contributed by atoms with Gasteiger partial charge in [0, 0.05) is 32.4 Å². The van der Waals surface area contributed by atoms with Crippen LogP contribution in [0.2, 0.25) is 0 Å². The van der Waals surface area contributed by atoms with Crippen LogP contribution < -0.4 is 10.6 Å². The highest BCUT2D eigenvalue weighted by molar-refractivity contribution is 5.93. The third-order valence-electron chi connectivity index (χ3n) is 5.26. The van der Waals surface area contributed by atoms with Crippen LogP contribution in [0.5, 0.6) is 0 Å². The van der Waals surface area contributed by atoms with E-state index in [1.807, 2.05) is 20.2 Å². The molecule has 2 N–H and O–H groups in total. The summed E-state index contributed by atoms with van der Waals surface area (Å²) in [7, 11) is 1.85. The maximum atomic E-state index is 12.7. The summed E-state index contributed by atoms with van der Waals surface area (Å²) in [6, 6.07) is 0.296. The number of amides is 3. The molecule has 1 aromatic rings. The number of hydrogen-bond acceptors (Lipinski definition) is 3. The van der Waals surface area contributed by atoms with Gasteiger partial charge in [-0.1, -0.05) is 19.8 Å². The van der Waals surface area contributed by atoms with Crippen molar-refractivity contribution in [1.82, 2.24) is 20.0 Å². The standard InChI is InChI=1S/C18H29N5O2/c1-3-15-16(12-22(2)21-15)20-17(24)13-7-6-10-23(11-13)18(25)19-14-8-4-5-9-14/h12-14H,3-11H2,1-2H3,(H,19,25)(H,20,24). The fourth-order valence-electron chi connectivity index (χ4n) is 3.85. The van der Waals surface area contributed by atoms with Crippen molar-refractivity contribution in [3.63, 3.8) is 0 Å². The van der Waals surface area contributed by atoms with Gasteiger partial charge in [0.15, 0.2) is 0 Å². The zero-order valence-electron chi connectivity index (χ0n) is 15.3. The number of nitrogens with one attached hydrogen (secondary N) is 2. The number of urea groups is 1. The number of carbonyl (C=O) groups is 2. The lowest BCUT2D eigenvalue weighted by Crippen LogP contribution is -2.49. The van der Waals surface area contributed by atoms with E-state index in [4.69, 9.17) is 0 Å². The second kappa shape index (κ2) is 7.89. The zero-order valence-corrected chi connectivity index (χ0v) is 15.3. The van der Waals surface area contributed by atoms with Crippen LogP contribution in [0.15, 0.2) is 6.20 Å². The van der Waals surface area contributed by atoms with Crippen molar-refractivity contribution in [2.75, 3.05) is 18.4 Å². The summed E-state index contributed by atoms with van der Waals surface area (Å²) in [5, 5.41) is 10.5. The quantitative estimate of drug-likeness (QED) is 0.877. The van der Waals surface area contributed by atoms with Crippen LogP contribution in [-0.4, -0.2) is 45.8 Å². The van der Waals surface area contributed by atoms with Crippen LogP contribution in [-0.2, 0) is 18.3 Å². The third kappa shape index (κ3) is 4.32. The lowest BCUT2D eigenvalue weighted by molar-refractivity contribution is -0.121. The molecule has 0 aromatic carbocycles. The summed E-state index contributed by atoms with van der Waals surface area (Å²) in [5.41, 5.74) is 1.67. The summed E-state index contributed by atoms with van der Waals surface area (Å²) in [4.78, 5) is 26.9. The summed E-state index contributed by atoms with van der Waals surface area (Å²) in [6.45, 7) is 3.25. The normalized spacial score (nSPS) is 21.4. The molecule has 0 spiro atoms. The van der Waals surface area contributed by atoms with Gasteiger partial charge >= 0.3 is 6.03 Å². The fourth-order valence-corrected chi connectivity index (χ4v) is 3.85. The number of rotatable bonds is 4. The fraction of sp³-hybridized carbons (Fsp3) is 0.722. The molecule has 2 aliphatic rings. The van der Waals surface area contributed by atoms with Gasteiger partial charge in [-0.05, 0) is 32.1 Å². The highest BCUT2D eigenvalue weighted by Gasteiger charge is 2.30. The van der Waals surface area contributed by atoms with E-state index >= 15 is 0 Å². The molecule has 25 heavy (non-hydrogen) atoms. The molecule has 0 radical (unpaired) electrons. The summed E-state index contributed by atoms with van der Waals surface area (Å²) in [6.07, 6.45) is 8.84. The number of carbonyl (C=O) groups excluding carboxylic acids is 2. The Morgan fingerprint density at radius 1 is 1.24 bits per heavy atom. The van der Waals surface area contributed by atoms with Gasteiger partial charge in [-0.15, -0.1) is 0 Å². The van der Waals surface area contributed by atoms with E-state index in [2.05, 4.69) is 15.7 Å². The highest BCUT2D eigenvalue weighted by Crippen LogP contribution is 2.22. The molecule has 1 aliphatic heterocycles. The Labute approximate surface area is 149 Å². The van der Waals surface area contributed by atoms with E-state index in [0.29, 0.717) is 12.6 Å². The SMILES string of the molecule is CCc1nn(C)cc1NC(=O)C1CCCN(C(=O)NC2CCCC2)C1. The monoisotopic (exact) mass is 347 g/mol. The van der Waals surface area contributed by atoms with Crippen LogP contribution in [0, 0.1) is 5.92 Å². The first-order valence-electron chi connectivity index (χ1n) is 9.45. The average molecular weight is 347 g/mol. The molecule has 7 nitrogen and oxygen atoms in total. The maximum absolute atomic E-state index is 12.7. The van der Waals surface area contributed by atoms with Crippen molar-refractivity contribution >= 4 is 17.6 Å². The third-order valence-corrected chi connectivity index (χ3v) is 5.26. The minimum Gasteiger partial charge on any atom is -0.335 e. The number of hydrogen-bond donors (Lipinski definition) is 2. The lowest BCUT2D eigenvalue weighted by Gasteiger charge is -2.32. The van der Waals surface area contributed by atoms with Crippen molar-refractivity contribution in [3.05, 3.63) is 11.9 Å². The Bertz CT molecular complexity index is 621. The van der Waals surface area contributed by atoms with Crippen LogP contribution in [0.1, 0.15) is 51.1 Å². The van der Waals surface area contributed by atoms with Crippen LogP contribution >= 0.6 is 0 Å². The van der Waals surface area contributed by atoms with Gasteiger partial charge in [0.05, 0.1) is 17.3 Å². The van der Waals surface area contributed by atoms with Crippen molar-refractivity contribution in [2.45, 2.75) is 57.9 Å². The molecule has 1 saturated carbocycles. The molecule has 3 amide bonds. The number of aryl methyl sites for hydroxylation is 2. The Balaban J connectivity index is 1.56. The van der Waals surface area contributed by atoms with E-state index in [1.165, 1.54) is 12.8 Å². The number of anilines is 1. The van der Waals surface area contributed by atoms with E-state index in [0.717, 1.165) is 50.0 Å². The lowest BCUT2D eigenvalue weighted by atomic mass is 9.97. The van der Waals surface area contributed by atoms with Crippen molar-refractivity contribution < 1.29 is 9.59 Å². The largest absolute Gasteiger partial charge is 0.335 e. The minimum absolute atomic E-state index is 0.0129. The van der Waals surface area contributed by atoms with E-state index < -0.39 is 0 Å². The predicted octanol–water partition coefficient (Wildman–Crippen LogP) is 2.29. The highest BCUT2D eigenvalue weighted by atomic mass is 16.2. The molecule has 2 fully saturated rings. The first kappa shape index (κ1) is 17.8. The van der Waals surface area contributed by atoms with Gasteiger partial charge in [-0.3, -0.25) is 9.48 Å². The van der Waals surface area contributed by atoms with Gasteiger partial charge in [-0.25, -0.2) is 4.79 Å². The van der Waals surface area contributed by atoms with Crippen LogP contribution in [0.3, 0.4) is 0 Å². The number of piperidine rings is 1. The summed E-state index contributed by atoms with van der Waals surface area (Å²) in [5.74, 6) is -0.172. The van der Waals surface area contributed by atoms with E-state index in [1.54, 1.807) is 9.58 Å². The van der Waals surface area contributed by atoms with Gasteiger partial charge in [0.1, 0.15) is 0 Å². The van der Waals surface area contributed by atoms with Gasteiger partial charge in [-0.2, -0.15) is 5.10 Å². The van der Waals surface area contributed by atoms with Gasteiger partial charge in [0.25, 0.3) is 0 Å². The van der Waals surface area contributed by atoms with Gasteiger partial charge in [0.2, 0.25) is 5.91 Å². The molecule has 1 unspecified atom stereocenters. The number of likely N-dealkylation sites (tertiary alicyclic amines) is 1. The molecular weight excluding hydrogens is 318 g/mol. The Kier molecular flexibility index (Phi) is 5.60. The molecule has 3 rings (SSSR count). The molecule has 1 aromatic heterocycles. The van der Waals surface area contributed by atoms with E-state index in [-0.39, 0.29) is 17.9 Å². The Hall–Kier alpha value is -2.05. The summed E-state index contributed by atoms with van der Waals surface area (Å²) < 4.78 is 1.72. The topological polar surface area (TPSA) is 79.3 Å². The second-order valence-corrected chi connectivity index (χ2v) is 7.22. The molecule has 138 valence electrons. The van der Waals surface area contributed by atoms with Crippen molar-refractivity contribution in [1.29, 1.82) is 0 Å². The molecule has 0 bridgehead atoms. The molecule has 7 heteroatoms. The molecule has 1 atom stereocenters. The van der Waals surface area contributed by atoms with Crippen molar-refractivity contribution in [2.24, 2.45) is 13.0 Å².